The molecular formula is C15H16N2O2S. The third kappa shape index (κ3) is 3.53. The molecule has 2 rings (SSSR count). The predicted octanol–water partition coefficient (Wildman–Crippen LogP) is 2.63. The second kappa shape index (κ2) is 6.45. The van der Waals surface area contributed by atoms with Gasteiger partial charge in [-0.2, -0.15) is 5.10 Å². The number of thiophene rings is 1. The average molecular weight is 288 g/mol. The molecule has 1 unspecified atom stereocenters. The topological polar surface area (TPSA) is 61.7 Å². The van der Waals surface area contributed by atoms with Crippen LogP contribution in [0.1, 0.15) is 28.3 Å². The molecule has 1 heterocycles. The fourth-order valence-electron chi connectivity index (χ4n) is 1.67. The molecule has 0 radical (unpaired) electrons. The summed E-state index contributed by atoms with van der Waals surface area (Å²) < 4.78 is 0. The zero-order valence-corrected chi connectivity index (χ0v) is 12.1. The molecule has 0 spiro atoms. The monoisotopic (exact) mass is 288 g/mol. The van der Waals surface area contributed by atoms with Crippen molar-refractivity contribution in [3.8, 4) is 0 Å². The van der Waals surface area contributed by atoms with Crippen molar-refractivity contribution in [1.82, 2.24) is 5.43 Å². The van der Waals surface area contributed by atoms with E-state index in [4.69, 9.17) is 0 Å². The highest BCUT2D eigenvalue weighted by molar-refractivity contribution is 7.14. The largest absolute Gasteiger partial charge is 0.378 e. The lowest BCUT2D eigenvalue weighted by Crippen LogP contribution is -2.26. The number of nitrogens with one attached hydrogen (secondary N) is 1. The highest BCUT2D eigenvalue weighted by Crippen LogP contribution is 2.16. The summed E-state index contributed by atoms with van der Waals surface area (Å²) in [5, 5.41) is 13.9. The Morgan fingerprint density at radius 2 is 1.95 bits per heavy atom. The van der Waals surface area contributed by atoms with Gasteiger partial charge in [-0.3, -0.25) is 4.79 Å². The van der Waals surface area contributed by atoms with Crippen LogP contribution in [0, 0.1) is 6.92 Å². The first-order chi connectivity index (χ1) is 9.58. The molecule has 1 amide bonds. The van der Waals surface area contributed by atoms with Crippen molar-refractivity contribution in [3.05, 3.63) is 57.8 Å². The second-order valence-corrected chi connectivity index (χ2v) is 5.68. The Hall–Kier alpha value is -1.98. The summed E-state index contributed by atoms with van der Waals surface area (Å²) in [6.07, 6.45) is -1.21. The summed E-state index contributed by atoms with van der Waals surface area (Å²) in [5.74, 6) is -0.538. The van der Waals surface area contributed by atoms with Crippen molar-refractivity contribution in [2.45, 2.75) is 20.0 Å². The molecule has 0 saturated carbocycles. The molecule has 1 atom stereocenters. The highest BCUT2D eigenvalue weighted by atomic mass is 32.1. The van der Waals surface area contributed by atoms with Crippen molar-refractivity contribution < 1.29 is 9.90 Å². The average Bonchev–Trinajstić information content (AvgIpc) is 2.91. The fraction of sp³-hybridized carbons (Fsp3) is 0.200. The molecular weight excluding hydrogens is 272 g/mol. The number of carbonyl (C=O) groups is 1. The molecule has 1 aromatic carbocycles. The number of rotatable bonds is 4. The van der Waals surface area contributed by atoms with Gasteiger partial charge < -0.3 is 5.11 Å². The summed E-state index contributed by atoms with van der Waals surface area (Å²) >= 11 is 1.61. The maximum Gasteiger partial charge on any atom is 0.273 e. The molecule has 0 aliphatic carbocycles. The van der Waals surface area contributed by atoms with Gasteiger partial charge in [0.25, 0.3) is 5.91 Å². The fourth-order valence-corrected chi connectivity index (χ4v) is 2.48. The number of aryl methyl sites for hydroxylation is 1. The third-order valence-corrected chi connectivity index (χ3v) is 3.90. The van der Waals surface area contributed by atoms with E-state index in [1.165, 1.54) is 4.88 Å². The predicted molar refractivity (Wildman–Crippen MR) is 80.8 cm³/mol. The summed E-state index contributed by atoms with van der Waals surface area (Å²) in [5.41, 5.74) is 3.66. The lowest BCUT2D eigenvalue weighted by molar-refractivity contribution is -0.129. The number of amides is 1. The van der Waals surface area contributed by atoms with Crippen LogP contribution in [0.15, 0.2) is 47.6 Å². The Bertz CT molecular complexity index is 620. The highest BCUT2D eigenvalue weighted by Gasteiger charge is 2.16. The van der Waals surface area contributed by atoms with E-state index in [9.17, 15) is 9.90 Å². The van der Waals surface area contributed by atoms with Crippen LogP contribution in [0.25, 0.3) is 0 Å². The first kappa shape index (κ1) is 14.4. The van der Waals surface area contributed by atoms with E-state index in [1.807, 2.05) is 32.0 Å². The van der Waals surface area contributed by atoms with E-state index in [0.717, 1.165) is 10.6 Å². The Morgan fingerprint density at radius 3 is 2.55 bits per heavy atom. The Labute approximate surface area is 121 Å². The molecule has 0 saturated heterocycles. The number of hydrogen-bond donors (Lipinski definition) is 2. The lowest BCUT2D eigenvalue weighted by atomic mass is 10.1. The molecule has 2 N–H and O–H groups in total. The quantitative estimate of drug-likeness (QED) is 0.671. The molecule has 5 heteroatoms. The van der Waals surface area contributed by atoms with Gasteiger partial charge in [0.05, 0.1) is 10.6 Å². The van der Waals surface area contributed by atoms with Crippen molar-refractivity contribution in [3.63, 3.8) is 0 Å². The van der Waals surface area contributed by atoms with E-state index in [0.29, 0.717) is 5.56 Å². The maximum atomic E-state index is 11.8. The SMILES string of the molecule is C/C(=N\NC(=O)C(O)c1ccccc1)c1ccc(C)s1. The van der Waals surface area contributed by atoms with Gasteiger partial charge in [-0.15, -0.1) is 11.3 Å². The normalized spacial score (nSPS) is 13.1. The van der Waals surface area contributed by atoms with E-state index in [1.54, 1.807) is 35.6 Å². The van der Waals surface area contributed by atoms with Crippen molar-refractivity contribution in [1.29, 1.82) is 0 Å². The van der Waals surface area contributed by atoms with Crippen molar-refractivity contribution in [2.75, 3.05) is 0 Å². The standard InChI is InChI=1S/C15H16N2O2S/c1-10-8-9-13(20-10)11(2)16-17-15(19)14(18)12-6-4-3-5-7-12/h3-9,14,18H,1-2H3,(H,17,19)/b16-11+. The van der Waals surface area contributed by atoms with Gasteiger partial charge in [-0.1, -0.05) is 30.3 Å². The van der Waals surface area contributed by atoms with Gasteiger partial charge >= 0.3 is 0 Å². The van der Waals surface area contributed by atoms with E-state index in [2.05, 4.69) is 10.5 Å². The Morgan fingerprint density at radius 1 is 1.25 bits per heavy atom. The minimum atomic E-state index is -1.21. The van der Waals surface area contributed by atoms with Gasteiger partial charge in [0, 0.05) is 4.88 Å². The van der Waals surface area contributed by atoms with Gasteiger partial charge in [0.1, 0.15) is 0 Å². The van der Waals surface area contributed by atoms with Crippen LogP contribution < -0.4 is 5.43 Å². The number of aliphatic hydroxyl groups is 1. The molecule has 20 heavy (non-hydrogen) atoms. The first-order valence-electron chi connectivity index (χ1n) is 6.22. The molecule has 2 aromatic rings. The van der Waals surface area contributed by atoms with Crippen LogP contribution in [0.5, 0.6) is 0 Å². The van der Waals surface area contributed by atoms with Gasteiger partial charge in [0.15, 0.2) is 6.10 Å². The van der Waals surface area contributed by atoms with E-state index in [-0.39, 0.29) is 0 Å². The van der Waals surface area contributed by atoms with Crippen LogP contribution in [0.3, 0.4) is 0 Å². The van der Waals surface area contributed by atoms with Crippen LogP contribution in [0.2, 0.25) is 0 Å². The Balaban J connectivity index is 2.01. The number of hydrazone groups is 1. The van der Waals surface area contributed by atoms with Crippen LogP contribution >= 0.6 is 11.3 Å². The van der Waals surface area contributed by atoms with Gasteiger partial charge in [-0.25, -0.2) is 5.43 Å². The zero-order valence-electron chi connectivity index (χ0n) is 11.3. The molecule has 1 aromatic heterocycles. The van der Waals surface area contributed by atoms with Gasteiger partial charge in [0.2, 0.25) is 0 Å². The van der Waals surface area contributed by atoms with Crippen LogP contribution in [-0.2, 0) is 4.79 Å². The van der Waals surface area contributed by atoms with Gasteiger partial charge in [-0.05, 0) is 31.5 Å². The maximum absolute atomic E-state index is 11.8. The molecule has 0 bridgehead atoms. The number of hydrogen-bond acceptors (Lipinski definition) is 4. The number of carbonyl (C=O) groups excluding carboxylic acids is 1. The minimum Gasteiger partial charge on any atom is -0.378 e. The molecule has 0 fully saturated rings. The first-order valence-corrected chi connectivity index (χ1v) is 7.03. The van der Waals surface area contributed by atoms with E-state index < -0.39 is 12.0 Å². The van der Waals surface area contributed by atoms with Crippen LogP contribution in [0.4, 0.5) is 0 Å². The molecule has 0 aliphatic rings. The van der Waals surface area contributed by atoms with E-state index >= 15 is 0 Å². The lowest BCUT2D eigenvalue weighted by Gasteiger charge is -2.09. The minimum absolute atomic E-state index is 0.538. The second-order valence-electron chi connectivity index (χ2n) is 4.40. The molecule has 0 aliphatic heterocycles. The zero-order chi connectivity index (χ0) is 14.5. The Kier molecular flexibility index (Phi) is 4.65. The van der Waals surface area contributed by atoms with Crippen molar-refractivity contribution >= 4 is 23.0 Å². The summed E-state index contributed by atoms with van der Waals surface area (Å²) in [4.78, 5) is 14.0. The summed E-state index contributed by atoms with van der Waals surface area (Å²) in [6.45, 7) is 3.83. The molecule has 4 nitrogen and oxygen atoms in total. The van der Waals surface area contributed by atoms with Crippen LogP contribution in [-0.4, -0.2) is 16.7 Å². The molecule has 104 valence electrons. The summed E-state index contributed by atoms with van der Waals surface area (Å²) in [7, 11) is 0. The smallest absolute Gasteiger partial charge is 0.273 e. The number of aliphatic hydroxyl groups excluding tert-OH is 1. The summed E-state index contributed by atoms with van der Waals surface area (Å²) in [6, 6.07) is 12.7. The third-order valence-electron chi connectivity index (χ3n) is 2.79. The van der Waals surface area contributed by atoms with Crippen molar-refractivity contribution in [2.24, 2.45) is 5.10 Å². The number of benzene rings is 1. The number of nitrogens with zero attached hydrogens (tertiary/aromatic N) is 1.